The van der Waals surface area contributed by atoms with Gasteiger partial charge in [0, 0.05) is 17.8 Å². The molecular weight excluding hydrogens is 320 g/mol. The highest BCUT2D eigenvalue weighted by molar-refractivity contribution is 5.96. The molecule has 7 nitrogen and oxygen atoms in total. The molecule has 1 saturated heterocycles. The summed E-state index contributed by atoms with van der Waals surface area (Å²) in [7, 11) is 0. The Bertz CT molecular complexity index is 829. The highest BCUT2D eigenvalue weighted by Gasteiger charge is 2.37. The van der Waals surface area contributed by atoms with Gasteiger partial charge in [0.2, 0.25) is 0 Å². The van der Waals surface area contributed by atoms with Crippen molar-refractivity contribution in [3.8, 4) is 11.3 Å². The van der Waals surface area contributed by atoms with Crippen LogP contribution in [0, 0.1) is 0 Å². The lowest BCUT2D eigenvalue weighted by Gasteiger charge is -2.16. The number of fused-ring (bicyclic) bond motifs is 3. The molecule has 4 rings (SSSR count). The number of carbonyl (C=O) groups excluding carboxylic acids is 2. The molecular formula is C18H20N4O3. The van der Waals surface area contributed by atoms with Crippen molar-refractivity contribution in [3.63, 3.8) is 0 Å². The third-order valence-electron chi connectivity index (χ3n) is 4.74. The van der Waals surface area contributed by atoms with E-state index in [4.69, 9.17) is 4.74 Å². The molecule has 2 N–H and O–H groups in total. The molecule has 130 valence electrons. The summed E-state index contributed by atoms with van der Waals surface area (Å²) in [4.78, 5) is 25.6. The van der Waals surface area contributed by atoms with Crippen molar-refractivity contribution < 1.29 is 14.3 Å². The third-order valence-corrected chi connectivity index (χ3v) is 4.74. The van der Waals surface area contributed by atoms with Crippen LogP contribution in [0.15, 0.2) is 24.4 Å². The molecule has 2 amide bonds. The van der Waals surface area contributed by atoms with Crippen LogP contribution >= 0.6 is 0 Å². The van der Waals surface area contributed by atoms with Gasteiger partial charge in [-0.2, -0.15) is 5.10 Å². The number of nitrogens with one attached hydrogen (secondary N) is 2. The Kier molecular flexibility index (Phi) is 3.91. The van der Waals surface area contributed by atoms with Crippen molar-refractivity contribution in [1.82, 2.24) is 15.5 Å². The smallest absolute Gasteiger partial charge is 0.415 e. The fourth-order valence-electron chi connectivity index (χ4n) is 3.50. The average molecular weight is 340 g/mol. The van der Waals surface area contributed by atoms with Gasteiger partial charge in [-0.1, -0.05) is 6.07 Å². The first-order valence-electron chi connectivity index (χ1n) is 8.58. The van der Waals surface area contributed by atoms with Crippen molar-refractivity contribution in [2.45, 2.75) is 32.3 Å². The Morgan fingerprint density at radius 3 is 3.08 bits per heavy atom. The zero-order valence-electron chi connectivity index (χ0n) is 14.0. The summed E-state index contributed by atoms with van der Waals surface area (Å²) >= 11 is 0. The molecule has 0 spiro atoms. The number of benzene rings is 1. The molecule has 1 aromatic heterocycles. The standard InChI is InChI=1S/C18H20N4O3/c1-2-19-17(23)15-10-22(18(24)25-15)13-6-7-14-11(8-13)4-3-5-12-9-20-21-16(12)14/h6-9,15H,2-5,10H2,1H3,(H,19,23)(H,20,21)/t15-/m1/s1. The van der Waals surface area contributed by atoms with Crippen LogP contribution in [0.5, 0.6) is 0 Å². The van der Waals surface area contributed by atoms with Crippen molar-refractivity contribution in [1.29, 1.82) is 0 Å². The number of hydrogen-bond acceptors (Lipinski definition) is 4. The quantitative estimate of drug-likeness (QED) is 0.895. The minimum absolute atomic E-state index is 0.235. The Labute approximate surface area is 145 Å². The van der Waals surface area contributed by atoms with Gasteiger partial charge < -0.3 is 10.1 Å². The van der Waals surface area contributed by atoms with Gasteiger partial charge in [-0.05, 0) is 49.4 Å². The van der Waals surface area contributed by atoms with Crippen LogP contribution in [0.1, 0.15) is 24.5 Å². The average Bonchev–Trinajstić information content (AvgIpc) is 3.18. The van der Waals surface area contributed by atoms with E-state index in [1.165, 1.54) is 16.0 Å². The highest BCUT2D eigenvalue weighted by Crippen LogP contribution is 2.34. The number of aromatic nitrogens is 2. The van der Waals surface area contributed by atoms with E-state index in [0.717, 1.165) is 36.2 Å². The molecule has 1 atom stereocenters. The van der Waals surface area contributed by atoms with Gasteiger partial charge in [0.05, 0.1) is 18.4 Å². The second kappa shape index (κ2) is 6.23. The molecule has 1 aromatic carbocycles. The van der Waals surface area contributed by atoms with Crippen molar-refractivity contribution in [3.05, 3.63) is 35.5 Å². The van der Waals surface area contributed by atoms with E-state index in [9.17, 15) is 9.59 Å². The number of likely N-dealkylation sites (N-methyl/N-ethyl adjacent to an activating group) is 1. The fraction of sp³-hybridized carbons (Fsp3) is 0.389. The number of aromatic amines is 1. The lowest BCUT2D eigenvalue weighted by Crippen LogP contribution is -2.37. The van der Waals surface area contributed by atoms with Crippen molar-refractivity contribution in [2.24, 2.45) is 0 Å². The van der Waals surface area contributed by atoms with Crippen LogP contribution in [0.3, 0.4) is 0 Å². The summed E-state index contributed by atoms with van der Waals surface area (Å²) in [6.07, 6.45) is 3.61. The Hall–Kier alpha value is -2.83. The minimum atomic E-state index is -0.759. The Morgan fingerprint density at radius 2 is 2.24 bits per heavy atom. The minimum Gasteiger partial charge on any atom is -0.434 e. The van der Waals surface area contributed by atoms with Crippen LogP contribution in [-0.4, -0.2) is 41.4 Å². The van der Waals surface area contributed by atoms with Gasteiger partial charge in [-0.15, -0.1) is 0 Å². The third kappa shape index (κ3) is 2.75. The van der Waals surface area contributed by atoms with E-state index in [1.807, 2.05) is 31.3 Å². The number of H-pyrrole nitrogens is 1. The molecule has 0 radical (unpaired) electrons. The van der Waals surface area contributed by atoms with Crippen LogP contribution in [0.25, 0.3) is 11.3 Å². The Morgan fingerprint density at radius 1 is 1.40 bits per heavy atom. The zero-order valence-corrected chi connectivity index (χ0v) is 14.0. The molecule has 2 heterocycles. The lowest BCUT2D eigenvalue weighted by atomic mass is 10.0. The van der Waals surface area contributed by atoms with Gasteiger partial charge in [-0.25, -0.2) is 4.79 Å². The van der Waals surface area contributed by atoms with Gasteiger partial charge in [0.15, 0.2) is 6.10 Å². The number of cyclic esters (lactones) is 1. The van der Waals surface area contributed by atoms with E-state index in [-0.39, 0.29) is 12.5 Å². The van der Waals surface area contributed by atoms with Gasteiger partial charge in [0.25, 0.3) is 5.91 Å². The number of nitrogens with zero attached hydrogens (tertiary/aromatic N) is 2. The first-order chi connectivity index (χ1) is 12.2. The van der Waals surface area contributed by atoms with Crippen LogP contribution in [-0.2, 0) is 22.4 Å². The number of hydrogen-bond donors (Lipinski definition) is 2. The summed E-state index contributed by atoms with van der Waals surface area (Å²) in [5.74, 6) is -0.254. The maximum atomic E-state index is 12.2. The largest absolute Gasteiger partial charge is 0.434 e. The molecule has 0 unspecified atom stereocenters. The summed E-state index contributed by atoms with van der Waals surface area (Å²) in [6, 6.07) is 5.93. The second-order valence-electron chi connectivity index (χ2n) is 6.34. The summed E-state index contributed by atoms with van der Waals surface area (Å²) < 4.78 is 5.21. The van der Waals surface area contributed by atoms with Crippen LogP contribution in [0.2, 0.25) is 0 Å². The maximum Gasteiger partial charge on any atom is 0.415 e. The summed E-state index contributed by atoms with van der Waals surface area (Å²) in [6.45, 7) is 2.58. The predicted octanol–water partition coefficient (Wildman–Crippen LogP) is 2.03. The molecule has 1 aliphatic heterocycles. The summed E-state index contributed by atoms with van der Waals surface area (Å²) in [5.41, 5.74) is 5.35. The molecule has 2 aliphatic rings. The normalized spacial score (nSPS) is 19.0. The van der Waals surface area contributed by atoms with E-state index in [2.05, 4.69) is 15.5 Å². The molecule has 1 aliphatic carbocycles. The molecule has 7 heteroatoms. The van der Waals surface area contributed by atoms with Gasteiger partial charge in [-0.3, -0.25) is 14.8 Å². The molecule has 0 saturated carbocycles. The van der Waals surface area contributed by atoms with E-state index < -0.39 is 12.2 Å². The monoisotopic (exact) mass is 340 g/mol. The van der Waals surface area contributed by atoms with E-state index in [1.54, 1.807) is 0 Å². The molecule has 0 bridgehead atoms. The first-order valence-corrected chi connectivity index (χ1v) is 8.58. The number of amides is 2. The number of carbonyl (C=O) groups is 2. The van der Waals surface area contributed by atoms with Gasteiger partial charge in [0.1, 0.15) is 0 Å². The van der Waals surface area contributed by atoms with Crippen LogP contribution in [0.4, 0.5) is 10.5 Å². The van der Waals surface area contributed by atoms with Gasteiger partial charge >= 0.3 is 6.09 Å². The maximum absolute atomic E-state index is 12.2. The highest BCUT2D eigenvalue weighted by atomic mass is 16.6. The number of rotatable bonds is 3. The van der Waals surface area contributed by atoms with E-state index >= 15 is 0 Å². The summed E-state index contributed by atoms with van der Waals surface area (Å²) in [5, 5.41) is 9.92. The molecule has 25 heavy (non-hydrogen) atoms. The van der Waals surface area contributed by atoms with Crippen molar-refractivity contribution in [2.75, 3.05) is 18.0 Å². The lowest BCUT2D eigenvalue weighted by molar-refractivity contribution is -0.127. The molecule has 1 fully saturated rings. The van der Waals surface area contributed by atoms with E-state index in [0.29, 0.717) is 6.54 Å². The number of ether oxygens (including phenoxy) is 1. The molecule has 2 aromatic rings. The topological polar surface area (TPSA) is 87.3 Å². The number of aryl methyl sites for hydroxylation is 2. The van der Waals surface area contributed by atoms with Crippen molar-refractivity contribution >= 4 is 17.7 Å². The SMILES string of the molecule is CCNC(=O)[C@H]1CN(c2ccc3c(c2)CCCc2cn[nH]c2-3)C(=O)O1. The first kappa shape index (κ1) is 15.7. The zero-order chi connectivity index (χ0) is 17.4. The number of anilines is 1. The Balaban J connectivity index is 1.62. The predicted molar refractivity (Wildman–Crippen MR) is 92.3 cm³/mol. The van der Waals surface area contributed by atoms with Crippen LogP contribution < -0.4 is 10.2 Å². The second-order valence-corrected chi connectivity index (χ2v) is 6.34. The fourth-order valence-corrected chi connectivity index (χ4v) is 3.50.